The van der Waals surface area contributed by atoms with Gasteiger partial charge in [-0.25, -0.2) is 0 Å². The number of aliphatic hydroxyl groups is 1. The van der Waals surface area contributed by atoms with E-state index in [1.54, 1.807) is 13.0 Å². The minimum absolute atomic E-state index is 0.00135. The first-order valence-electron chi connectivity index (χ1n) is 8.01. The van der Waals surface area contributed by atoms with Crippen LogP contribution in [0.15, 0.2) is 18.2 Å². The van der Waals surface area contributed by atoms with Crippen LogP contribution >= 0.6 is 0 Å². The molecule has 1 fully saturated rings. The summed E-state index contributed by atoms with van der Waals surface area (Å²) in [7, 11) is 0. The largest absolute Gasteiger partial charge is 0.507 e. The highest BCUT2D eigenvalue weighted by Gasteiger charge is 2.33. The van der Waals surface area contributed by atoms with Gasteiger partial charge >= 0.3 is 0 Å². The third kappa shape index (κ3) is 4.35. The lowest BCUT2D eigenvalue weighted by molar-refractivity contribution is -0.250. The van der Waals surface area contributed by atoms with Gasteiger partial charge in [-0.3, -0.25) is 0 Å². The van der Waals surface area contributed by atoms with E-state index in [-0.39, 0.29) is 29.8 Å². The molecule has 0 aliphatic carbocycles. The fourth-order valence-corrected chi connectivity index (χ4v) is 2.79. The highest BCUT2D eigenvalue weighted by molar-refractivity contribution is 5.44. The fourth-order valence-electron chi connectivity index (χ4n) is 2.79. The molecule has 1 aromatic rings. The maximum Gasteiger partial charge on any atom is 0.191 e. The molecule has 0 spiro atoms. The zero-order chi connectivity index (χ0) is 16.1. The Hall–Kier alpha value is -1.30. The van der Waals surface area contributed by atoms with Gasteiger partial charge in [0.2, 0.25) is 0 Å². The van der Waals surface area contributed by atoms with Crippen molar-refractivity contribution in [2.24, 2.45) is 0 Å². The lowest BCUT2D eigenvalue weighted by atomic mass is 10.0. The van der Waals surface area contributed by atoms with Crippen molar-refractivity contribution in [2.45, 2.75) is 70.6 Å². The molecule has 5 nitrogen and oxygen atoms in total. The van der Waals surface area contributed by atoms with Crippen molar-refractivity contribution in [1.29, 1.82) is 0 Å². The first-order chi connectivity index (χ1) is 10.5. The SMILES string of the molecule is CCC1CC(CCC[C@H](C)O)OC(c2c(O)cccc2O)O1. The van der Waals surface area contributed by atoms with Crippen molar-refractivity contribution in [3.63, 3.8) is 0 Å². The summed E-state index contributed by atoms with van der Waals surface area (Å²) in [6, 6.07) is 4.61. The van der Waals surface area contributed by atoms with Gasteiger partial charge in [0.05, 0.1) is 23.9 Å². The summed E-state index contributed by atoms with van der Waals surface area (Å²) in [4.78, 5) is 0. The first-order valence-corrected chi connectivity index (χ1v) is 8.01. The molecule has 1 aliphatic heterocycles. The van der Waals surface area contributed by atoms with E-state index >= 15 is 0 Å². The fraction of sp³-hybridized carbons (Fsp3) is 0.647. The molecule has 0 amide bonds. The van der Waals surface area contributed by atoms with Crippen molar-refractivity contribution in [3.05, 3.63) is 23.8 Å². The number of rotatable bonds is 6. The van der Waals surface area contributed by atoms with E-state index < -0.39 is 6.29 Å². The number of phenols is 2. The first kappa shape index (κ1) is 17.1. The van der Waals surface area contributed by atoms with Crippen LogP contribution in [0.3, 0.4) is 0 Å². The van der Waals surface area contributed by atoms with E-state index in [9.17, 15) is 15.3 Å². The van der Waals surface area contributed by atoms with Crippen LogP contribution in [0, 0.1) is 0 Å². The summed E-state index contributed by atoms with van der Waals surface area (Å²) in [6.07, 6.45) is 3.06. The van der Waals surface area contributed by atoms with Gasteiger partial charge in [0, 0.05) is 6.42 Å². The van der Waals surface area contributed by atoms with E-state index in [1.807, 2.05) is 6.92 Å². The summed E-state index contributed by atoms with van der Waals surface area (Å²) in [5.41, 5.74) is 0.293. The second-order valence-electron chi connectivity index (χ2n) is 5.98. The molecule has 124 valence electrons. The third-order valence-electron chi connectivity index (χ3n) is 4.06. The predicted molar refractivity (Wildman–Crippen MR) is 82.7 cm³/mol. The van der Waals surface area contributed by atoms with Crippen LogP contribution in [-0.4, -0.2) is 33.6 Å². The zero-order valence-electron chi connectivity index (χ0n) is 13.2. The number of aromatic hydroxyl groups is 2. The molecule has 0 saturated carbocycles. The molecule has 22 heavy (non-hydrogen) atoms. The van der Waals surface area contributed by atoms with Crippen molar-refractivity contribution >= 4 is 0 Å². The summed E-state index contributed by atoms with van der Waals surface area (Å²) >= 11 is 0. The Balaban J connectivity index is 2.07. The van der Waals surface area contributed by atoms with Crippen LogP contribution in [0.25, 0.3) is 0 Å². The van der Waals surface area contributed by atoms with Gasteiger partial charge < -0.3 is 24.8 Å². The van der Waals surface area contributed by atoms with Gasteiger partial charge in [-0.1, -0.05) is 13.0 Å². The molecule has 3 unspecified atom stereocenters. The van der Waals surface area contributed by atoms with Crippen LogP contribution in [-0.2, 0) is 9.47 Å². The predicted octanol–water partition coefficient (Wildman–Crippen LogP) is 3.23. The van der Waals surface area contributed by atoms with Crippen molar-refractivity contribution in [1.82, 2.24) is 0 Å². The van der Waals surface area contributed by atoms with Crippen LogP contribution in [0.2, 0.25) is 0 Å². The Labute approximate surface area is 131 Å². The molecule has 2 rings (SSSR count). The van der Waals surface area contributed by atoms with E-state index in [2.05, 4.69) is 0 Å². The van der Waals surface area contributed by atoms with Gasteiger partial charge in [-0.15, -0.1) is 0 Å². The Morgan fingerprint density at radius 2 is 1.82 bits per heavy atom. The lowest BCUT2D eigenvalue weighted by Crippen LogP contribution is -2.33. The number of hydrogen-bond acceptors (Lipinski definition) is 5. The highest BCUT2D eigenvalue weighted by Crippen LogP contribution is 2.40. The molecule has 3 N–H and O–H groups in total. The summed E-state index contributed by atoms with van der Waals surface area (Å²) in [5, 5.41) is 29.3. The summed E-state index contributed by atoms with van der Waals surface area (Å²) in [5.74, 6) is -0.0473. The van der Waals surface area contributed by atoms with Gasteiger partial charge in [-0.2, -0.15) is 0 Å². The Bertz CT molecular complexity index is 454. The second kappa shape index (κ2) is 7.81. The second-order valence-corrected chi connectivity index (χ2v) is 5.98. The molecule has 0 radical (unpaired) electrons. The number of aliphatic hydroxyl groups excluding tert-OH is 1. The summed E-state index contributed by atoms with van der Waals surface area (Å²) in [6.45, 7) is 3.83. The number of hydrogen-bond donors (Lipinski definition) is 3. The number of ether oxygens (including phenoxy) is 2. The molecule has 1 heterocycles. The van der Waals surface area contributed by atoms with Crippen LogP contribution in [0.5, 0.6) is 11.5 Å². The van der Waals surface area contributed by atoms with Gasteiger partial charge in [0.25, 0.3) is 0 Å². The third-order valence-corrected chi connectivity index (χ3v) is 4.06. The van der Waals surface area contributed by atoms with Crippen molar-refractivity contribution in [3.8, 4) is 11.5 Å². The van der Waals surface area contributed by atoms with Crippen LogP contribution in [0.4, 0.5) is 0 Å². The Morgan fingerprint density at radius 3 is 2.41 bits per heavy atom. The number of phenolic OH excluding ortho intramolecular Hbond substituents is 2. The molecule has 0 bridgehead atoms. The molecule has 5 heteroatoms. The number of benzene rings is 1. The smallest absolute Gasteiger partial charge is 0.191 e. The average Bonchev–Trinajstić information content (AvgIpc) is 2.46. The minimum Gasteiger partial charge on any atom is -0.507 e. The van der Waals surface area contributed by atoms with Crippen LogP contribution in [0.1, 0.15) is 57.8 Å². The van der Waals surface area contributed by atoms with E-state index in [0.717, 1.165) is 32.1 Å². The molecule has 0 aromatic heterocycles. The maximum absolute atomic E-state index is 9.98. The Morgan fingerprint density at radius 1 is 1.18 bits per heavy atom. The molecule has 1 aliphatic rings. The molecule has 1 saturated heterocycles. The lowest BCUT2D eigenvalue weighted by Gasteiger charge is -2.36. The Kier molecular flexibility index (Phi) is 6.06. The average molecular weight is 310 g/mol. The maximum atomic E-state index is 9.98. The highest BCUT2D eigenvalue weighted by atomic mass is 16.7. The van der Waals surface area contributed by atoms with Crippen molar-refractivity contribution < 1.29 is 24.8 Å². The standard InChI is InChI=1S/C17H26O5/c1-3-12-10-13(7-4-6-11(2)18)22-17(21-12)16-14(19)8-5-9-15(16)20/h5,8-9,11-13,17-20H,3-4,6-7,10H2,1-2H3/t11-,12?,13?,17?/m0/s1. The van der Waals surface area contributed by atoms with E-state index in [0.29, 0.717) is 5.56 Å². The zero-order valence-corrected chi connectivity index (χ0v) is 13.2. The monoisotopic (exact) mass is 310 g/mol. The van der Waals surface area contributed by atoms with Gasteiger partial charge in [-0.05, 0) is 44.7 Å². The van der Waals surface area contributed by atoms with Gasteiger partial charge in [0.15, 0.2) is 6.29 Å². The quantitative estimate of drug-likeness (QED) is 0.752. The van der Waals surface area contributed by atoms with E-state index in [1.165, 1.54) is 12.1 Å². The normalized spacial score (nSPS) is 26.8. The van der Waals surface area contributed by atoms with Crippen molar-refractivity contribution in [2.75, 3.05) is 0 Å². The van der Waals surface area contributed by atoms with Gasteiger partial charge in [0.1, 0.15) is 11.5 Å². The van der Waals surface area contributed by atoms with Crippen LogP contribution < -0.4 is 0 Å². The molecular weight excluding hydrogens is 284 g/mol. The van der Waals surface area contributed by atoms with E-state index in [4.69, 9.17) is 9.47 Å². The minimum atomic E-state index is -0.753. The topological polar surface area (TPSA) is 79.2 Å². The molecule has 1 aromatic carbocycles. The molecular formula is C17H26O5. The summed E-state index contributed by atoms with van der Waals surface area (Å²) < 4.78 is 11.8. The molecule has 4 atom stereocenters.